The fourth-order valence-corrected chi connectivity index (χ4v) is 4.17. The minimum Gasteiger partial charge on any atom is -0.497 e. The third-order valence-electron chi connectivity index (χ3n) is 4.17. The summed E-state index contributed by atoms with van der Waals surface area (Å²) in [5, 5.41) is -0.00546. The van der Waals surface area contributed by atoms with Crippen LogP contribution >= 0.6 is 11.8 Å². The van der Waals surface area contributed by atoms with Crippen LogP contribution in [0.2, 0.25) is 0 Å². The predicted molar refractivity (Wildman–Crippen MR) is 91.8 cm³/mol. The summed E-state index contributed by atoms with van der Waals surface area (Å²) >= 11 is 1.76. The van der Waals surface area contributed by atoms with Gasteiger partial charge in [-0.2, -0.15) is 0 Å². The van der Waals surface area contributed by atoms with Gasteiger partial charge in [-0.15, -0.1) is 11.8 Å². The van der Waals surface area contributed by atoms with Gasteiger partial charge in [0.1, 0.15) is 11.1 Å². The third-order valence-corrected chi connectivity index (χ3v) is 5.43. The van der Waals surface area contributed by atoms with Crippen LogP contribution in [-0.2, 0) is 0 Å². The van der Waals surface area contributed by atoms with Crippen LogP contribution < -0.4 is 14.2 Å². The molecule has 0 radical (unpaired) electrons. The number of methoxy groups -OCH3 is 1. The molecule has 1 saturated heterocycles. The lowest BCUT2D eigenvalue weighted by atomic mass is 10.1. The van der Waals surface area contributed by atoms with Gasteiger partial charge in [-0.1, -0.05) is 6.07 Å². The third kappa shape index (κ3) is 2.67. The Kier molecular flexibility index (Phi) is 3.98. The molecule has 0 spiro atoms. The Morgan fingerprint density at radius 3 is 2.75 bits per heavy atom. The van der Waals surface area contributed by atoms with Crippen molar-refractivity contribution in [3.05, 3.63) is 53.6 Å². The maximum absolute atomic E-state index is 12.9. The molecule has 0 bridgehead atoms. The predicted octanol–water partition coefficient (Wildman–Crippen LogP) is 3.31. The molecule has 0 saturated carbocycles. The van der Waals surface area contributed by atoms with E-state index in [1.165, 1.54) is 0 Å². The Balaban J connectivity index is 1.58. The van der Waals surface area contributed by atoms with Crippen molar-refractivity contribution in [2.24, 2.45) is 0 Å². The maximum atomic E-state index is 12.9. The Bertz CT molecular complexity index is 762. The zero-order valence-corrected chi connectivity index (χ0v) is 14.0. The summed E-state index contributed by atoms with van der Waals surface area (Å²) in [4.78, 5) is 14.8. The van der Waals surface area contributed by atoms with Gasteiger partial charge in [0.2, 0.25) is 6.79 Å². The summed E-state index contributed by atoms with van der Waals surface area (Å²) < 4.78 is 16.0. The molecule has 0 aromatic heterocycles. The summed E-state index contributed by atoms with van der Waals surface area (Å²) in [5.74, 6) is 3.20. The molecule has 2 aromatic rings. The molecule has 2 aliphatic heterocycles. The number of nitrogens with zero attached hydrogens (tertiary/aromatic N) is 1. The summed E-state index contributed by atoms with van der Waals surface area (Å²) in [6, 6.07) is 13.1. The minimum atomic E-state index is -0.00546. The van der Waals surface area contributed by atoms with E-state index in [0.717, 1.165) is 35.1 Å². The van der Waals surface area contributed by atoms with Crippen LogP contribution in [-0.4, -0.2) is 37.0 Å². The van der Waals surface area contributed by atoms with Crippen molar-refractivity contribution < 1.29 is 19.0 Å². The fourth-order valence-electron chi connectivity index (χ4n) is 2.92. The zero-order valence-electron chi connectivity index (χ0n) is 13.2. The number of rotatable bonds is 3. The van der Waals surface area contributed by atoms with Gasteiger partial charge in [0.25, 0.3) is 5.91 Å². The van der Waals surface area contributed by atoms with Crippen molar-refractivity contribution in [3.63, 3.8) is 0 Å². The Morgan fingerprint density at radius 1 is 1.17 bits per heavy atom. The summed E-state index contributed by atoms with van der Waals surface area (Å²) in [6.07, 6.45) is 0. The standard InChI is InChI=1S/C18H17NO4S/c1-21-14-5-2-12(3-6-14)17(20)19-8-9-24-18(19)13-4-7-15-16(10-13)23-11-22-15/h2-7,10,18H,8-9,11H2,1H3. The number of hydrogen-bond acceptors (Lipinski definition) is 5. The molecule has 1 amide bonds. The van der Waals surface area contributed by atoms with E-state index in [9.17, 15) is 4.79 Å². The van der Waals surface area contributed by atoms with Crippen LogP contribution in [0.4, 0.5) is 0 Å². The molecule has 6 heteroatoms. The number of hydrogen-bond donors (Lipinski definition) is 0. The van der Waals surface area contributed by atoms with Crippen LogP contribution in [0.5, 0.6) is 17.2 Å². The van der Waals surface area contributed by atoms with Crippen LogP contribution in [0.1, 0.15) is 21.3 Å². The quantitative estimate of drug-likeness (QED) is 0.856. The highest BCUT2D eigenvalue weighted by Gasteiger charge is 2.32. The first-order valence-electron chi connectivity index (χ1n) is 7.72. The second-order valence-electron chi connectivity index (χ2n) is 5.56. The first-order chi connectivity index (χ1) is 11.8. The lowest BCUT2D eigenvalue weighted by Gasteiger charge is -2.24. The molecule has 1 atom stereocenters. The van der Waals surface area contributed by atoms with E-state index in [1.54, 1.807) is 31.0 Å². The largest absolute Gasteiger partial charge is 0.497 e. The molecule has 4 rings (SSSR count). The van der Waals surface area contributed by atoms with Crippen molar-refractivity contribution in [2.45, 2.75) is 5.37 Å². The van der Waals surface area contributed by atoms with Crippen LogP contribution in [0.15, 0.2) is 42.5 Å². The zero-order chi connectivity index (χ0) is 16.5. The van der Waals surface area contributed by atoms with Gasteiger partial charge < -0.3 is 19.1 Å². The van der Waals surface area contributed by atoms with E-state index < -0.39 is 0 Å². The van der Waals surface area contributed by atoms with E-state index in [4.69, 9.17) is 14.2 Å². The SMILES string of the molecule is COc1ccc(C(=O)N2CCSC2c2ccc3c(c2)OCO3)cc1. The number of benzene rings is 2. The molecule has 124 valence electrons. The Hall–Kier alpha value is -2.34. The smallest absolute Gasteiger partial charge is 0.255 e. The molecule has 24 heavy (non-hydrogen) atoms. The molecule has 2 heterocycles. The highest BCUT2D eigenvalue weighted by Crippen LogP contribution is 2.42. The summed E-state index contributed by atoms with van der Waals surface area (Å²) in [6.45, 7) is 0.986. The molecule has 0 N–H and O–H groups in total. The van der Waals surface area contributed by atoms with Crippen molar-refractivity contribution in [3.8, 4) is 17.2 Å². The first-order valence-corrected chi connectivity index (χ1v) is 8.77. The van der Waals surface area contributed by atoms with E-state index in [2.05, 4.69) is 0 Å². The van der Waals surface area contributed by atoms with Gasteiger partial charge in [0, 0.05) is 17.9 Å². The van der Waals surface area contributed by atoms with Crippen molar-refractivity contribution in [1.82, 2.24) is 4.90 Å². The highest BCUT2D eigenvalue weighted by atomic mass is 32.2. The average molecular weight is 343 g/mol. The van der Waals surface area contributed by atoms with Gasteiger partial charge in [-0.05, 0) is 42.0 Å². The van der Waals surface area contributed by atoms with Crippen LogP contribution in [0.3, 0.4) is 0 Å². The molecule has 0 aliphatic carbocycles. The average Bonchev–Trinajstić information content (AvgIpc) is 3.29. The van der Waals surface area contributed by atoms with E-state index >= 15 is 0 Å². The monoisotopic (exact) mass is 343 g/mol. The second-order valence-corrected chi connectivity index (χ2v) is 6.75. The van der Waals surface area contributed by atoms with E-state index in [1.807, 2.05) is 35.2 Å². The first kappa shape index (κ1) is 15.2. The fraction of sp³-hybridized carbons (Fsp3) is 0.278. The maximum Gasteiger partial charge on any atom is 0.255 e. The van der Waals surface area contributed by atoms with Gasteiger partial charge in [-0.3, -0.25) is 4.79 Å². The summed E-state index contributed by atoms with van der Waals surface area (Å²) in [5.41, 5.74) is 1.73. The summed E-state index contributed by atoms with van der Waals surface area (Å²) in [7, 11) is 1.61. The topological polar surface area (TPSA) is 48.0 Å². The molecule has 2 aliphatic rings. The Morgan fingerprint density at radius 2 is 1.96 bits per heavy atom. The van der Waals surface area contributed by atoms with Crippen LogP contribution in [0.25, 0.3) is 0 Å². The molecular formula is C18H17NO4S. The second kappa shape index (κ2) is 6.28. The van der Waals surface area contributed by atoms with Crippen molar-refractivity contribution in [2.75, 3.05) is 26.2 Å². The lowest BCUT2D eigenvalue weighted by Crippen LogP contribution is -2.30. The van der Waals surface area contributed by atoms with E-state index in [0.29, 0.717) is 5.56 Å². The van der Waals surface area contributed by atoms with Gasteiger partial charge in [0.05, 0.1) is 7.11 Å². The van der Waals surface area contributed by atoms with E-state index in [-0.39, 0.29) is 18.1 Å². The highest BCUT2D eigenvalue weighted by molar-refractivity contribution is 7.99. The number of thioether (sulfide) groups is 1. The number of carbonyl (C=O) groups excluding carboxylic acids is 1. The molecule has 1 fully saturated rings. The molecular weight excluding hydrogens is 326 g/mol. The van der Waals surface area contributed by atoms with Gasteiger partial charge in [0.15, 0.2) is 11.5 Å². The molecule has 1 unspecified atom stereocenters. The van der Waals surface area contributed by atoms with Crippen molar-refractivity contribution in [1.29, 1.82) is 0 Å². The van der Waals surface area contributed by atoms with Gasteiger partial charge in [-0.25, -0.2) is 0 Å². The van der Waals surface area contributed by atoms with Gasteiger partial charge >= 0.3 is 0 Å². The van der Waals surface area contributed by atoms with Crippen LogP contribution in [0, 0.1) is 0 Å². The lowest BCUT2D eigenvalue weighted by molar-refractivity contribution is 0.0760. The Labute approximate surface area is 144 Å². The number of carbonyl (C=O) groups is 1. The number of fused-ring (bicyclic) bond motifs is 1. The normalized spacial score (nSPS) is 18.7. The number of ether oxygens (including phenoxy) is 3. The molecule has 5 nitrogen and oxygen atoms in total. The van der Waals surface area contributed by atoms with Crippen molar-refractivity contribution >= 4 is 17.7 Å². The minimum absolute atomic E-state index is 0.00546. The molecule has 2 aromatic carbocycles. The number of amides is 1.